The molecule has 0 aliphatic heterocycles. The van der Waals surface area contributed by atoms with Crippen molar-refractivity contribution in [1.82, 2.24) is 15.5 Å². The fourth-order valence-electron chi connectivity index (χ4n) is 2.21. The van der Waals surface area contributed by atoms with Crippen LogP contribution in [0.1, 0.15) is 31.5 Å². The van der Waals surface area contributed by atoms with E-state index in [2.05, 4.69) is 25.3 Å². The molecular weight excluding hydrogens is 322 g/mol. The largest absolute Gasteiger partial charge is 0.335 e. The van der Waals surface area contributed by atoms with Crippen molar-refractivity contribution >= 4 is 21.9 Å². The van der Waals surface area contributed by atoms with Gasteiger partial charge < -0.3 is 9.84 Å². The topological polar surface area (TPSA) is 114 Å². The van der Waals surface area contributed by atoms with E-state index >= 15 is 0 Å². The van der Waals surface area contributed by atoms with Crippen LogP contribution in [-0.2, 0) is 15.6 Å². The molecule has 1 aromatic rings. The first-order valence-electron chi connectivity index (χ1n) is 6.59. The number of anilines is 1. The number of nitrogens with zero attached hydrogens (tertiary/aromatic N) is 2. The number of carbonyl (C=O) groups is 1. The van der Waals surface area contributed by atoms with Gasteiger partial charge in [0.1, 0.15) is 5.75 Å². The summed E-state index contributed by atoms with van der Waals surface area (Å²) in [4.78, 5) is 15.4. The zero-order chi connectivity index (χ0) is 16.4. The molecule has 124 valence electrons. The molecule has 1 aromatic heterocycles. The second-order valence-electron chi connectivity index (χ2n) is 5.33. The van der Waals surface area contributed by atoms with Gasteiger partial charge in [-0.25, -0.2) is 22.0 Å². The number of sulfone groups is 1. The lowest BCUT2D eigenvalue weighted by atomic mass is 9.92. The summed E-state index contributed by atoms with van der Waals surface area (Å²) in [6, 6.07) is -1.68. The first kappa shape index (κ1) is 16.6. The molecule has 0 bridgehead atoms. The summed E-state index contributed by atoms with van der Waals surface area (Å²) in [5, 5.41) is 7.99. The molecule has 2 amide bonds. The SMILES string of the molecule is CS(=O)(=O)Cc1noc(NC(=O)NC2CCCC(F)(F)C2)n1. The van der Waals surface area contributed by atoms with E-state index in [-0.39, 0.29) is 18.3 Å². The normalized spacial score (nSPS) is 21.3. The van der Waals surface area contributed by atoms with Crippen molar-refractivity contribution in [2.45, 2.75) is 43.4 Å². The van der Waals surface area contributed by atoms with Crippen LogP contribution in [0.3, 0.4) is 0 Å². The Hall–Kier alpha value is -1.78. The maximum absolute atomic E-state index is 13.2. The molecule has 0 saturated heterocycles. The van der Waals surface area contributed by atoms with Crippen molar-refractivity contribution in [2.75, 3.05) is 11.6 Å². The maximum Gasteiger partial charge on any atom is 0.329 e. The van der Waals surface area contributed by atoms with Crippen LogP contribution in [0.2, 0.25) is 0 Å². The second-order valence-corrected chi connectivity index (χ2v) is 7.47. The second kappa shape index (κ2) is 6.15. The Bertz CT molecular complexity index is 646. The van der Waals surface area contributed by atoms with Crippen LogP contribution in [-0.4, -0.2) is 42.8 Å². The Morgan fingerprint density at radius 1 is 1.50 bits per heavy atom. The molecule has 1 aliphatic rings. The number of aromatic nitrogens is 2. The van der Waals surface area contributed by atoms with Crippen LogP contribution in [0.5, 0.6) is 0 Å². The van der Waals surface area contributed by atoms with Crippen LogP contribution < -0.4 is 10.6 Å². The molecule has 0 aromatic carbocycles. The lowest BCUT2D eigenvalue weighted by Crippen LogP contribution is -2.43. The van der Waals surface area contributed by atoms with E-state index in [1.54, 1.807) is 0 Å². The van der Waals surface area contributed by atoms with Gasteiger partial charge in [0.15, 0.2) is 15.7 Å². The highest BCUT2D eigenvalue weighted by Crippen LogP contribution is 2.33. The fraction of sp³-hybridized carbons (Fsp3) is 0.727. The number of carbonyl (C=O) groups excluding carboxylic acids is 1. The van der Waals surface area contributed by atoms with E-state index < -0.39 is 40.0 Å². The monoisotopic (exact) mass is 338 g/mol. The Morgan fingerprint density at radius 3 is 2.86 bits per heavy atom. The zero-order valence-electron chi connectivity index (χ0n) is 11.8. The van der Waals surface area contributed by atoms with Gasteiger partial charge in [-0.05, 0) is 12.8 Å². The van der Waals surface area contributed by atoms with Gasteiger partial charge in [0.05, 0.1) is 0 Å². The minimum Gasteiger partial charge on any atom is -0.335 e. The smallest absolute Gasteiger partial charge is 0.329 e. The minimum absolute atomic E-state index is 0.0954. The van der Waals surface area contributed by atoms with E-state index in [0.29, 0.717) is 12.8 Å². The molecule has 11 heteroatoms. The first-order valence-corrected chi connectivity index (χ1v) is 8.65. The molecule has 1 fully saturated rings. The van der Waals surface area contributed by atoms with Crippen molar-refractivity contribution in [2.24, 2.45) is 0 Å². The summed E-state index contributed by atoms with van der Waals surface area (Å²) in [5.74, 6) is -3.29. The molecule has 1 atom stereocenters. The number of halogens is 2. The van der Waals surface area contributed by atoms with Crippen LogP contribution >= 0.6 is 0 Å². The molecular formula is C11H16F2N4O4S. The van der Waals surface area contributed by atoms with Crippen LogP contribution in [0.15, 0.2) is 4.52 Å². The number of amides is 2. The summed E-state index contributed by atoms with van der Waals surface area (Å²) >= 11 is 0. The van der Waals surface area contributed by atoms with E-state index in [1.165, 1.54) is 0 Å². The predicted octanol–water partition coefficient (Wildman–Crippen LogP) is 1.31. The molecule has 1 aliphatic carbocycles. The number of hydrogen-bond acceptors (Lipinski definition) is 6. The van der Waals surface area contributed by atoms with Crippen molar-refractivity contribution in [3.63, 3.8) is 0 Å². The van der Waals surface area contributed by atoms with Crippen molar-refractivity contribution < 1.29 is 26.5 Å². The number of hydrogen-bond donors (Lipinski definition) is 2. The maximum atomic E-state index is 13.2. The Morgan fingerprint density at radius 2 is 2.23 bits per heavy atom. The number of nitrogens with one attached hydrogen (secondary N) is 2. The standard InChI is InChI=1S/C11H16F2N4O4S/c1-22(19,20)6-8-15-10(21-17-8)16-9(18)14-7-3-2-4-11(12,13)5-7/h7H,2-6H2,1H3,(H2,14,15,16,17,18). The van der Waals surface area contributed by atoms with E-state index in [0.717, 1.165) is 6.26 Å². The van der Waals surface area contributed by atoms with Crippen LogP contribution in [0.4, 0.5) is 19.6 Å². The third-order valence-corrected chi connectivity index (χ3v) is 3.84. The van der Waals surface area contributed by atoms with Gasteiger partial charge in [-0.15, -0.1) is 0 Å². The zero-order valence-corrected chi connectivity index (χ0v) is 12.6. The quantitative estimate of drug-likeness (QED) is 0.855. The van der Waals surface area contributed by atoms with Crippen molar-refractivity contribution in [1.29, 1.82) is 0 Å². The highest BCUT2D eigenvalue weighted by Gasteiger charge is 2.36. The molecule has 2 rings (SSSR count). The Labute approximate surface area is 125 Å². The van der Waals surface area contributed by atoms with Gasteiger partial charge >= 0.3 is 12.0 Å². The van der Waals surface area contributed by atoms with Crippen molar-refractivity contribution in [3.05, 3.63) is 5.82 Å². The lowest BCUT2D eigenvalue weighted by Gasteiger charge is -2.29. The summed E-state index contributed by atoms with van der Waals surface area (Å²) in [6.45, 7) is 0. The van der Waals surface area contributed by atoms with Crippen molar-refractivity contribution in [3.8, 4) is 0 Å². The van der Waals surface area contributed by atoms with Crippen LogP contribution in [0, 0.1) is 0 Å². The van der Waals surface area contributed by atoms with E-state index in [1.807, 2.05) is 0 Å². The van der Waals surface area contributed by atoms with Gasteiger partial charge in [0.25, 0.3) is 0 Å². The molecule has 0 radical (unpaired) electrons. The number of urea groups is 1. The first-order chi connectivity index (χ1) is 10.1. The number of rotatable bonds is 4. The molecule has 2 N–H and O–H groups in total. The lowest BCUT2D eigenvalue weighted by molar-refractivity contribution is -0.0423. The highest BCUT2D eigenvalue weighted by atomic mass is 32.2. The van der Waals surface area contributed by atoms with E-state index in [9.17, 15) is 22.0 Å². The average molecular weight is 338 g/mol. The molecule has 0 spiro atoms. The molecule has 1 unspecified atom stereocenters. The van der Waals surface area contributed by atoms with Gasteiger partial charge in [-0.3, -0.25) is 5.32 Å². The third kappa shape index (κ3) is 5.20. The minimum atomic E-state index is -3.32. The predicted molar refractivity (Wildman–Crippen MR) is 72.2 cm³/mol. The van der Waals surface area contributed by atoms with Gasteiger partial charge in [-0.1, -0.05) is 5.16 Å². The molecule has 22 heavy (non-hydrogen) atoms. The van der Waals surface area contributed by atoms with Crippen LogP contribution in [0.25, 0.3) is 0 Å². The summed E-state index contributed by atoms with van der Waals surface area (Å²) in [7, 11) is -3.32. The Kier molecular flexibility index (Phi) is 4.63. The summed E-state index contributed by atoms with van der Waals surface area (Å²) in [6.07, 6.45) is 1.21. The molecule has 8 nitrogen and oxygen atoms in total. The molecule has 1 heterocycles. The average Bonchev–Trinajstić information content (AvgIpc) is 2.72. The summed E-state index contributed by atoms with van der Waals surface area (Å²) < 4.78 is 53.2. The summed E-state index contributed by atoms with van der Waals surface area (Å²) in [5.41, 5.74) is 0. The van der Waals surface area contributed by atoms with Gasteiger partial charge in [0.2, 0.25) is 5.92 Å². The fourth-order valence-corrected chi connectivity index (χ4v) is 2.80. The van der Waals surface area contributed by atoms with Gasteiger partial charge in [0, 0.05) is 25.1 Å². The molecule has 1 saturated carbocycles. The van der Waals surface area contributed by atoms with E-state index in [4.69, 9.17) is 0 Å². The third-order valence-electron chi connectivity index (χ3n) is 3.06. The van der Waals surface area contributed by atoms with Gasteiger partial charge in [-0.2, -0.15) is 4.98 Å². The highest BCUT2D eigenvalue weighted by molar-refractivity contribution is 7.89. The number of alkyl halides is 2. The Balaban J connectivity index is 1.87.